The smallest absolute Gasteiger partial charge is 0.254 e. The highest BCUT2D eigenvalue weighted by atomic mass is 19.1. The van der Waals surface area contributed by atoms with Gasteiger partial charge in [0.15, 0.2) is 0 Å². The van der Waals surface area contributed by atoms with E-state index in [1.54, 1.807) is 4.90 Å². The molecule has 2 saturated heterocycles. The number of ether oxygens (including phenoxy) is 1. The number of nitrogens with zero attached hydrogens (tertiary/aromatic N) is 2. The molecule has 3 N–H and O–H groups in total. The molecule has 0 bridgehead atoms. The predicted molar refractivity (Wildman–Crippen MR) is 148 cm³/mol. The molecule has 210 valence electrons. The first-order chi connectivity index (χ1) is 19.0. The van der Waals surface area contributed by atoms with E-state index in [1.165, 1.54) is 29.8 Å². The summed E-state index contributed by atoms with van der Waals surface area (Å²) in [5, 5.41) is 3.25. The Bertz CT molecular complexity index is 1080. The van der Waals surface area contributed by atoms with E-state index >= 15 is 0 Å². The fourth-order valence-electron chi connectivity index (χ4n) is 6.30. The van der Waals surface area contributed by atoms with E-state index in [4.69, 9.17) is 10.5 Å². The summed E-state index contributed by atoms with van der Waals surface area (Å²) in [6, 6.07) is 15.8. The summed E-state index contributed by atoms with van der Waals surface area (Å²) in [5.41, 5.74) is 7.70. The number of rotatable bonds is 8. The molecule has 0 spiro atoms. The third-order valence-corrected chi connectivity index (χ3v) is 8.55. The van der Waals surface area contributed by atoms with Crippen molar-refractivity contribution < 1.29 is 18.7 Å². The Morgan fingerprint density at radius 3 is 2.44 bits per heavy atom. The van der Waals surface area contributed by atoms with Crippen LogP contribution in [0.2, 0.25) is 0 Å². The fourth-order valence-corrected chi connectivity index (χ4v) is 6.30. The van der Waals surface area contributed by atoms with Gasteiger partial charge in [0.2, 0.25) is 5.91 Å². The van der Waals surface area contributed by atoms with Gasteiger partial charge < -0.3 is 20.7 Å². The lowest BCUT2D eigenvalue weighted by Gasteiger charge is -2.44. The minimum Gasteiger partial charge on any atom is -0.377 e. The van der Waals surface area contributed by atoms with Crippen LogP contribution in [0.4, 0.5) is 4.39 Å². The third-order valence-electron chi connectivity index (χ3n) is 8.55. The average molecular weight is 537 g/mol. The predicted octanol–water partition coefficient (Wildman–Crippen LogP) is 3.87. The summed E-state index contributed by atoms with van der Waals surface area (Å²) in [6.07, 6.45) is 7.10. The minimum absolute atomic E-state index is 0.0766. The highest BCUT2D eigenvalue weighted by molar-refractivity contribution is 5.97. The lowest BCUT2D eigenvalue weighted by atomic mass is 9.90. The van der Waals surface area contributed by atoms with Gasteiger partial charge >= 0.3 is 0 Å². The summed E-state index contributed by atoms with van der Waals surface area (Å²) in [6.45, 7) is 2.84. The van der Waals surface area contributed by atoms with Crippen molar-refractivity contribution in [3.63, 3.8) is 0 Å². The van der Waals surface area contributed by atoms with E-state index in [0.717, 1.165) is 64.6 Å². The van der Waals surface area contributed by atoms with Gasteiger partial charge in [0, 0.05) is 49.9 Å². The Hall–Kier alpha value is -2.81. The Kier molecular flexibility index (Phi) is 9.27. The molecule has 3 atom stereocenters. The molecule has 5 rings (SSSR count). The maximum Gasteiger partial charge on any atom is 0.254 e. The fraction of sp³-hybridized carbons (Fsp3) is 0.548. The zero-order chi connectivity index (χ0) is 27.2. The number of carbonyl (C=O) groups is 2. The molecule has 2 aromatic rings. The Balaban J connectivity index is 1.36. The summed E-state index contributed by atoms with van der Waals surface area (Å²) in [4.78, 5) is 31.5. The molecule has 0 aromatic heterocycles. The van der Waals surface area contributed by atoms with Crippen molar-refractivity contribution >= 4 is 11.8 Å². The van der Waals surface area contributed by atoms with Crippen LogP contribution in [-0.2, 0) is 16.1 Å². The van der Waals surface area contributed by atoms with E-state index in [2.05, 4.69) is 34.5 Å². The number of nitrogens with two attached hydrogens (primary N) is 1. The van der Waals surface area contributed by atoms with Crippen molar-refractivity contribution in [1.29, 1.82) is 0 Å². The van der Waals surface area contributed by atoms with Crippen molar-refractivity contribution in [3.8, 4) is 0 Å². The topological polar surface area (TPSA) is 87.9 Å². The zero-order valence-corrected chi connectivity index (χ0v) is 22.6. The Labute approximate surface area is 230 Å². The van der Waals surface area contributed by atoms with Crippen LogP contribution in [0.3, 0.4) is 0 Å². The van der Waals surface area contributed by atoms with Gasteiger partial charge in [0.05, 0.1) is 6.10 Å². The van der Waals surface area contributed by atoms with E-state index in [-0.39, 0.29) is 41.9 Å². The van der Waals surface area contributed by atoms with Crippen LogP contribution in [0, 0.1) is 5.82 Å². The van der Waals surface area contributed by atoms with Crippen molar-refractivity contribution in [2.75, 3.05) is 19.7 Å². The maximum absolute atomic E-state index is 13.8. The standard InChI is InChI=1S/C31H41FN4O3/c32-24-10-8-23(9-11-24)31(38)36-17-16-27(19-29(36)30(37)34-26-14-12-25(33)13-15-26)35(21-28-7-4-18-39-28)20-22-5-2-1-3-6-22/h1-3,5-6,8-11,25-29H,4,7,12-21,33H2,(H,34,37)/t25?,26?,27?,28?,29-/m1/s1. The van der Waals surface area contributed by atoms with Gasteiger partial charge in [-0.25, -0.2) is 4.39 Å². The molecular weight excluding hydrogens is 495 g/mol. The zero-order valence-electron chi connectivity index (χ0n) is 22.6. The largest absolute Gasteiger partial charge is 0.377 e. The number of carbonyl (C=O) groups excluding carboxylic acids is 2. The average Bonchev–Trinajstić information content (AvgIpc) is 3.47. The van der Waals surface area contributed by atoms with Crippen molar-refractivity contribution in [2.24, 2.45) is 5.73 Å². The Morgan fingerprint density at radius 2 is 1.74 bits per heavy atom. The number of benzene rings is 2. The van der Waals surface area contributed by atoms with Gasteiger partial charge in [-0.15, -0.1) is 0 Å². The van der Waals surface area contributed by atoms with Crippen LogP contribution in [-0.4, -0.2) is 71.6 Å². The number of nitrogens with one attached hydrogen (secondary N) is 1. The minimum atomic E-state index is -0.598. The molecule has 3 fully saturated rings. The molecule has 2 aliphatic heterocycles. The van der Waals surface area contributed by atoms with E-state index in [0.29, 0.717) is 18.5 Å². The summed E-state index contributed by atoms with van der Waals surface area (Å²) in [7, 11) is 0. The summed E-state index contributed by atoms with van der Waals surface area (Å²) in [5.74, 6) is -0.721. The van der Waals surface area contributed by atoms with Crippen LogP contribution in [0.1, 0.15) is 67.3 Å². The second-order valence-corrected chi connectivity index (χ2v) is 11.4. The lowest BCUT2D eigenvalue weighted by Crippen LogP contribution is -2.59. The highest BCUT2D eigenvalue weighted by Crippen LogP contribution is 2.28. The van der Waals surface area contributed by atoms with Crippen molar-refractivity contribution in [1.82, 2.24) is 15.1 Å². The van der Waals surface area contributed by atoms with E-state index in [1.807, 2.05) is 6.07 Å². The van der Waals surface area contributed by atoms with Crippen molar-refractivity contribution in [3.05, 3.63) is 71.5 Å². The second kappa shape index (κ2) is 13.0. The summed E-state index contributed by atoms with van der Waals surface area (Å²) < 4.78 is 19.6. The molecule has 2 heterocycles. The van der Waals surface area contributed by atoms with Gasteiger partial charge in [-0.3, -0.25) is 14.5 Å². The number of piperidine rings is 1. The molecule has 8 heteroatoms. The molecule has 2 aromatic carbocycles. The third kappa shape index (κ3) is 7.24. The summed E-state index contributed by atoms with van der Waals surface area (Å²) >= 11 is 0. The second-order valence-electron chi connectivity index (χ2n) is 11.4. The molecule has 39 heavy (non-hydrogen) atoms. The number of amides is 2. The van der Waals surface area contributed by atoms with E-state index in [9.17, 15) is 14.0 Å². The quantitative estimate of drug-likeness (QED) is 0.535. The number of hydrogen-bond acceptors (Lipinski definition) is 5. The van der Waals surface area contributed by atoms with Crippen molar-refractivity contribution in [2.45, 2.75) is 88.2 Å². The van der Waals surface area contributed by atoms with Crippen LogP contribution in [0.25, 0.3) is 0 Å². The number of likely N-dealkylation sites (tertiary alicyclic amines) is 1. The maximum atomic E-state index is 13.8. The molecule has 1 aliphatic carbocycles. The van der Waals surface area contributed by atoms with Gasteiger partial charge in [-0.2, -0.15) is 0 Å². The first-order valence-electron chi connectivity index (χ1n) is 14.5. The lowest BCUT2D eigenvalue weighted by molar-refractivity contribution is -0.128. The van der Waals surface area contributed by atoms with Crippen LogP contribution in [0.15, 0.2) is 54.6 Å². The number of hydrogen-bond donors (Lipinski definition) is 2. The molecule has 7 nitrogen and oxygen atoms in total. The van der Waals surface area contributed by atoms with Crippen LogP contribution in [0.5, 0.6) is 0 Å². The molecule has 2 amide bonds. The normalized spacial score (nSPS) is 27.5. The molecule has 1 saturated carbocycles. The molecular formula is C31H41FN4O3. The van der Waals surface area contributed by atoms with Crippen LogP contribution >= 0.6 is 0 Å². The first-order valence-corrected chi connectivity index (χ1v) is 14.5. The Morgan fingerprint density at radius 1 is 1.00 bits per heavy atom. The van der Waals surface area contributed by atoms with Crippen LogP contribution < -0.4 is 11.1 Å². The monoisotopic (exact) mass is 536 g/mol. The molecule has 0 radical (unpaired) electrons. The molecule has 2 unspecified atom stereocenters. The van der Waals surface area contributed by atoms with Gasteiger partial charge in [-0.05, 0) is 81.2 Å². The number of halogens is 1. The van der Waals surface area contributed by atoms with Gasteiger partial charge in [0.1, 0.15) is 11.9 Å². The van der Waals surface area contributed by atoms with Gasteiger partial charge in [0.25, 0.3) is 5.91 Å². The first kappa shape index (κ1) is 27.7. The highest BCUT2D eigenvalue weighted by Gasteiger charge is 2.40. The van der Waals surface area contributed by atoms with Gasteiger partial charge in [-0.1, -0.05) is 30.3 Å². The SMILES string of the molecule is NC1CCC(NC(=O)[C@H]2CC(N(Cc3ccccc3)CC3CCCO3)CCN2C(=O)c2ccc(F)cc2)CC1. The molecule has 3 aliphatic rings. The van der Waals surface area contributed by atoms with E-state index < -0.39 is 6.04 Å².